The first-order valence-corrected chi connectivity index (χ1v) is 7.98. The van der Waals surface area contributed by atoms with Crippen molar-refractivity contribution in [2.75, 3.05) is 5.32 Å². The molecule has 8 heteroatoms. The Balaban J connectivity index is 2.02. The van der Waals surface area contributed by atoms with Crippen molar-refractivity contribution >= 4 is 27.6 Å². The summed E-state index contributed by atoms with van der Waals surface area (Å²) in [5.41, 5.74) is 0.761. The first kappa shape index (κ1) is 17.5. The number of aliphatic hydroxyl groups is 1. The molecule has 1 heterocycles. The third-order valence-electron chi connectivity index (χ3n) is 3.28. The van der Waals surface area contributed by atoms with E-state index >= 15 is 0 Å². The third-order valence-corrected chi connectivity index (χ3v) is 3.81. The van der Waals surface area contributed by atoms with Crippen LogP contribution in [0, 0.1) is 0 Å². The Morgan fingerprint density at radius 3 is 2.70 bits per heavy atom. The van der Waals surface area contributed by atoms with E-state index in [2.05, 4.69) is 31.5 Å². The van der Waals surface area contributed by atoms with Crippen molar-refractivity contribution < 1.29 is 15.0 Å². The van der Waals surface area contributed by atoms with Crippen LogP contribution in [0.5, 0.6) is 0 Å². The smallest absolute Gasteiger partial charge is 0.323 e. The van der Waals surface area contributed by atoms with Crippen LogP contribution in [0.3, 0.4) is 0 Å². The average molecular weight is 383 g/mol. The number of aliphatic carboxylic acids is 1. The molecule has 2 atom stereocenters. The van der Waals surface area contributed by atoms with Gasteiger partial charge in [-0.2, -0.15) is 0 Å². The van der Waals surface area contributed by atoms with Crippen LogP contribution in [-0.4, -0.2) is 32.1 Å². The average Bonchev–Trinajstić information content (AvgIpc) is 2.94. The number of imidazole rings is 1. The second-order valence-corrected chi connectivity index (χ2v) is 5.90. The van der Waals surface area contributed by atoms with Gasteiger partial charge in [-0.05, 0) is 30.7 Å². The monoisotopic (exact) mass is 382 g/mol. The van der Waals surface area contributed by atoms with Gasteiger partial charge in [0.2, 0.25) is 0 Å². The summed E-state index contributed by atoms with van der Waals surface area (Å²) >= 11 is 3.35. The molecule has 0 saturated carbocycles. The van der Waals surface area contributed by atoms with E-state index in [1.54, 1.807) is 17.0 Å². The highest BCUT2D eigenvalue weighted by Gasteiger charge is 2.19. The van der Waals surface area contributed by atoms with Gasteiger partial charge in [0.15, 0.2) is 6.35 Å². The van der Waals surface area contributed by atoms with Crippen LogP contribution in [0.4, 0.5) is 5.69 Å². The van der Waals surface area contributed by atoms with Crippen LogP contribution >= 0.6 is 15.9 Å². The molecule has 0 spiro atoms. The first-order chi connectivity index (χ1) is 11.0. The summed E-state index contributed by atoms with van der Waals surface area (Å²) in [6.07, 6.45) is 2.82. The van der Waals surface area contributed by atoms with Crippen molar-refractivity contribution in [2.45, 2.75) is 32.3 Å². The third kappa shape index (κ3) is 5.05. The highest BCUT2D eigenvalue weighted by molar-refractivity contribution is 9.10. The van der Waals surface area contributed by atoms with Gasteiger partial charge in [0.05, 0.1) is 6.04 Å². The van der Waals surface area contributed by atoms with Crippen molar-refractivity contribution in [3.8, 4) is 0 Å². The number of carbonyl (C=O) groups is 1. The van der Waals surface area contributed by atoms with Crippen LogP contribution in [0.2, 0.25) is 0 Å². The normalized spacial score (nSPS) is 13.5. The number of halogens is 1. The van der Waals surface area contributed by atoms with Gasteiger partial charge in [-0.25, -0.2) is 4.98 Å². The molecule has 0 fully saturated rings. The van der Waals surface area contributed by atoms with Gasteiger partial charge in [-0.3, -0.25) is 10.1 Å². The molecule has 0 aliphatic rings. The van der Waals surface area contributed by atoms with Gasteiger partial charge >= 0.3 is 5.97 Å². The lowest BCUT2D eigenvalue weighted by atomic mass is 10.2. The van der Waals surface area contributed by atoms with E-state index in [1.807, 2.05) is 31.2 Å². The summed E-state index contributed by atoms with van der Waals surface area (Å²) in [7, 11) is 0. The predicted molar refractivity (Wildman–Crippen MR) is 89.8 cm³/mol. The number of hydrogen-bond acceptors (Lipinski definition) is 5. The van der Waals surface area contributed by atoms with Crippen molar-refractivity contribution in [2.24, 2.45) is 0 Å². The lowest BCUT2D eigenvalue weighted by molar-refractivity contribution is -0.137. The fraction of sp³-hybridized carbons (Fsp3) is 0.333. The number of aliphatic hydroxyl groups excluding tert-OH is 1. The maximum absolute atomic E-state index is 10.9. The predicted octanol–water partition coefficient (Wildman–Crippen LogP) is 2.16. The molecule has 0 aliphatic heterocycles. The molecule has 1 aromatic heterocycles. The second-order valence-electron chi connectivity index (χ2n) is 4.99. The zero-order valence-electron chi connectivity index (χ0n) is 12.6. The molecular formula is C15H19BrN4O3. The van der Waals surface area contributed by atoms with Gasteiger partial charge in [-0.15, -0.1) is 0 Å². The zero-order valence-corrected chi connectivity index (χ0v) is 14.2. The van der Waals surface area contributed by atoms with E-state index in [1.165, 1.54) is 0 Å². The van der Waals surface area contributed by atoms with Gasteiger partial charge in [0.25, 0.3) is 0 Å². The van der Waals surface area contributed by atoms with E-state index in [0.717, 1.165) is 10.2 Å². The van der Waals surface area contributed by atoms with Crippen LogP contribution < -0.4 is 10.6 Å². The lowest BCUT2D eigenvalue weighted by Gasteiger charge is -2.23. The molecule has 2 aromatic rings. The Morgan fingerprint density at radius 2 is 2.09 bits per heavy atom. The summed E-state index contributed by atoms with van der Waals surface area (Å²) in [4.78, 5) is 15.1. The summed E-state index contributed by atoms with van der Waals surface area (Å²) in [5.74, 6) is -0.362. The van der Waals surface area contributed by atoms with Crippen LogP contribution in [0.25, 0.3) is 0 Å². The molecule has 0 aliphatic carbocycles. The van der Waals surface area contributed by atoms with E-state index in [0.29, 0.717) is 12.2 Å². The summed E-state index contributed by atoms with van der Waals surface area (Å²) < 4.78 is 2.50. The summed E-state index contributed by atoms with van der Waals surface area (Å²) in [6.45, 7) is 1.77. The van der Waals surface area contributed by atoms with Crippen LogP contribution in [0.1, 0.15) is 25.2 Å². The molecule has 2 unspecified atom stereocenters. The van der Waals surface area contributed by atoms with Crippen molar-refractivity contribution in [3.05, 3.63) is 47.0 Å². The molecule has 124 valence electrons. The number of nitrogens with zero attached hydrogens (tertiary/aromatic N) is 2. The minimum atomic E-state index is -0.990. The maximum atomic E-state index is 10.9. The van der Waals surface area contributed by atoms with Gasteiger partial charge in [-0.1, -0.05) is 22.9 Å². The SMILES string of the molecule is CCC(NC(O)Nc1ccc(Br)cc1)c1nccn1CC(=O)O. The zero-order chi connectivity index (χ0) is 16.8. The molecule has 4 N–H and O–H groups in total. The first-order valence-electron chi connectivity index (χ1n) is 7.18. The molecule has 7 nitrogen and oxygen atoms in total. The number of hydrogen-bond donors (Lipinski definition) is 4. The Bertz CT molecular complexity index is 644. The molecule has 1 aromatic carbocycles. The van der Waals surface area contributed by atoms with E-state index in [-0.39, 0.29) is 12.6 Å². The van der Waals surface area contributed by atoms with Crippen LogP contribution in [-0.2, 0) is 11.3 Å². The number of rotatable bonds is 8. The van der Waals surface area contributed by atoms with Crippen molar-refractivity contribution in [3.63, 3.8) is 0 Å². The van der Waals surface area contributed by atoms with E-state index in [4.69, 9.17) is 5.11 Å². The van der Waals surface area contributed by atoms with Gasteiger partial charge in [0, 0.05) is 22.6 Å². The maximum Gasteiger partial charge on any atom is 0.323 e. The second kappa shape index (κ2) is 8.09. The molecule has 23 heavy (non-hydrogen) atoms. The molecule has 0 amide bonds. The van der Waals surface area contributed by atoms with Gasteiger partial charge < -0.3 is 20.1 Å². The van der Waals surface area contributed by atoms with E-state index < -0.39 is 12.3 Å². The number of anilines is 1. The molecular weight excluding hydrogens is 364 g/mol. The van der Waals surface area contributed by atoms with Crippen molar-refractivity contribution in [1.82, 2.24) is 14.9 Å². The molecule has 0 saturated heterocycles. The highest BCUT2D eigenvalue weighted by Crippen LogP contribution is 2.17. The quantitative estimate of drug-likeness (QED) is 0.522. The number of aromatic nitrogens is 2. The Hall–Kier alpha value is -1.90. The van der Waals surface area contributed by atoms with Crippen LogP contribution in [0.15, 0.2) is 41.1 Å². The number of benzene rings is 1. The summed E-state index contributed by atoms with van der Waals surface area (Å²) in [6, 6.07) is 7.13. The Labute approximate surface area is 142 Å². The number of nitrogens with one attached hydrogen (secondary N) is 2. The molecule has 0 radical (unpaired) electrons. The Morgan fingerprint density at radius 1 is 1.39 bits per heavy atom. The number of carboxylic acid groups (broad SMARTS) is 1. The molecule has 0 bridgehead atoms. The fourth-order valence-corrected chi connectivity index (χ4v) is 2.49. The van der Waals surface area contributed by atoms with Gasteiger partial charge in [0.1, 0.15) is 12.4 Å². The minimum Gasteiger partial charge on any atom is -0.480 e. The van der Waals surface area contributed by atoms with Crippen molar-refractivity contribution in [1.29, 1.82) is 0 Å². The lowest BCUT2D eigenvalue weighted by Crippen LogP contribution is -2.39. The fourth-order valence-electron chi connectivity index (χ4n) is 2.22. The summed E-state index contributed by atoms with van der Waals surface area (Å²) in [5, 5.41) is 25.0. The highest BCUT2D eigenvalue weighted by atomic mass is 79.9. The number of carboxylic acids is 1. The minimum absolute atomic E-state index is 0.163. The standard InChI is InChI=1S/C15H19BrN4O3/c1-2-12(14-17-7-8-20(14)9-13(21)22)19-15(23)18-11-5-3-10(16)4-6-11/h3-8,12,15,18-19,23H,2,9H2,1H3,(H,21,22). The Kier molecular flexibility index (Phi) is 6.14. The largest absolute Gasteiger partial charge is 0.480 e. The molecule has 2 rings (SSSR count). The topological polar surface area (TPSA) is 99.4 Å². The van der Waals surface area contributed by atoms with E-state index in [9.17, 15) is 9.90 Å².